The Bertz CT molecular complexity index is 1600. The number of para-hydroxylation sites is 1. The van der Waals surface area contributed by atoms with Gasteiger partial charge < -0.3 is 20.1 Å². The van der Waals surface area contributed by atoms with Gasteiger partial charge in [-0.25, -0.2) is 8.42 Å². The van der Waals surface area contributed by atoms with Crippen molar-refractivity contribution in [1.82, 2.24) is 9.21 Å². The van der Waals surface area contributed by atoms with Crippen molar-refractivity contribution in [2.24, 2.45) is 11.7 Å². The van der Waals surface area contributed by atoms with Crippen LogP contribution in [0.25, 0.3) is 0 Å². The number of hydrogen-bond acceptors (Lipinski definition) is 6. The molecule has 6 rings (SSSR count). The molecule has 2 N–H and O–H groups in total. The SMILES string of the molecule is CN(C(C(=O)N1C2CCC1CC(N)C2)C(F)(F)c1ccc(Oc2ccccc2)cc1)S(=O)(=O)c1ccc(OCC2CCCCC2)cc1. The van der Waals surface area contributed by atoms with Gasteiger partial charge in [-0.3, -0.25) is 4.79 Å². The molecule has 47 heavy (non-hydrogen) atoms. The Morgan fingerprint density at radius 1 is 0.872 bits per heavy atom. The molecule has 1 saturated carbocycles. The Morgan fingerprint density at radius 2 is 1.45 bits per heavy atom. The maximum atomic E-state index is 16.7. The van der Waals surface area contributed by atoms with Gasteiger partial charge in [-0.05, 0) is 105 Å². The fourth-order valence-electron chi connectivity index (χ4n) is 7.37. The highest BCUT2D eigenvalue weighted by Gasteiger charge is 2.56. The number of sulfonamides is 1. The van der Waals surface area contributed by atoms with Crippen LogP contribution in [-0.4, -0.2) is 61.4 Å². The first kappa shape index (κ1) is 33.4. The Morgan fingerprint density at radius 3 is 2.06 bits per heavy atom. The summed E-state index contributed by atoms with van der Waals surface area (Å²) in [6.45, 7) is 0.547. The minimum absolute atomic E-state index is 0.132. The van der Waals surface area contributed by atoms with Gasteiger partial charge in [-0.2, -0.15) is 13.1 Å². The number of amides is 1. The summed E-state index contributed by atoms with van der Waals surface area (Å²) < 4.78 is 73.7. The Balaban J connectivity index is 1.27. The lowest BCUT2D eigenvalue weighted by Crippen LogP contribution is -2.61. The molecule has 3 aromatic carbocycles. The first-order valence-electron chi connectivity index (χ1n) is 16.5. The third-order valence-corrected chi connectivity index (χ3v) is 11.7. The summed E-state index contributed by atoms with van der Waals surface area (Å²) in [5.41, 5.74) is 5.71. The Labute approximate surface area is 275 Å². The molecule has 1 aliphatic carbocycles. The van der Waals surface area contributed by atoms with E-state index in [0.717, 1.165) is 19.9 Å². The Hall–Kier alpha value is -3.54. The number of nitrogens with zero attached hydrogens (tertiary/aromatic N) is 2. The number of benzene rings is 3. The van der Waals surface area contributed by atoms with E-state index in [4.69, 9.17) is 15.2 Å². The molecule has 8 nitrogen and oxygen atoms in total. The van der Waals surface area contributed by atoms with Crippen LogP contribution in [0.2, 0.25) is 0 Å². The molecule has 2 aliphatic heterocycles. The lowest BCUT2D eigenvalue weighted by Gasteiger charge is -2.42. The molecule has 11 heteroatoms. The van der Waals surface area contributed by atoms with Crippen LogP contribution in [0.15, 0.2) is 83.8 Å². The molecule has 2 bridgehead atoms. The number of likely N-dealkylation sites (N-methyl/N-ethyl adjacent to an activating group) is 1. The maximum Gasteiger partial charge on any atom is 0.298 e. The Kier molecular flexibility index (Phi) is 9.87. The van der Waals surface area contributed by atoms with E-state index < -0.39 is 33.5 Å². The summed E-state index contributed by atoms with van der Waals surface area (Å²) >= 11 is 0. The van der Waals surface area contributed by atoms with Crippen molar-refractivity contribution in [1.29, 1.82) is 0 Å². The largest absolute Gasteiger partial charge is 0.493 e. The molecule has 0 spiro atoms. The van der Waals surface area contributed by atoms with Crippen LogP contribution in [0.4, 0.5) is 8.78 Å². The number of piperidine rings is 1. The number of rotatable bonds is 11. The molecule has 3 aliphatic rings. The number of carbonyl (C=O) groups excluding carboxylic acids is 1. The number of alkyl halides is 2. The van der Waals surface area contributed by atoms with E-state index in [1.54, 1.807) is 24.3 Å². The minimum Gasteiger partial charge on any atom is -0.493 e. The minimum atomic E-state index is -4.54. The maximum absolute atomic E-state index is 16.7. The molecule has 3 unspecified atom stereocenters. The van der Waals surface area contributed by atoms with Gasteiger partial charge in [0.2, 0.25) is 15.9 Å². The molecule has 2 heterocycles. The highest BCUT2D eigenvalue weighted by molar-refractivity contribution is 7.89. The molecule has 3 aromatic rings. The monoisotopic (exact) mass is 667 g/mol. The average molecular weight is 668 g/mol. The standard InChI is InChI=1S/C36H43F2N3O5S/c1-40(47(43,44)33-20-18-30(19-21-33)45-24-25-8-4-2-5-9-25)34(35(42)41-28-14-15-29(41)23-27(39)22-28)36(37,38)26-12-16-32(17-13-26)46-31-10-6-3-7-11-31/h3,6-7,10-13,16-21,25,27-29,34H,2,4-5,8-9,14-15,22-24,39H2,1H3. The number of halogens is 2. The zero-order chi connectivity index (χ0) is 33.2. The van der Waals surface area contributed by atoms with Crippen LogP contribution in [0.3, 0.4) is 0 Å². The van der Waals surface area contributed by atoms with Crippen LogP contribution in [0.1, 0.15) is 63.4 Å². The van der Waals surface area contributed by atoms with Crippen LogP contribution >= 0.6 is 0 Å². The van der Waals surface area contributed by atoms with E-state index in [0.29, 0.717) is 59.8 Å². The highest BCUT2D eigenvalue weighted by Crippen LogP contribution is 2.42. The second-order valence-electron chi connectivity index (χ2n) is 13.1. The second-order valence-corrected chi connectivity index (χ2v) is 15.1. The van der Waals surface area contributed by atoms with Crippen molar-refractivity contribution in [3.8, 4) is 17.2 Å². The van der Waals surface area contributed by atoms with Crippen molar-refractivity contribution in [2.75, 3.05) is 13.7 Å². The van der Waals surface area contributed by atoms with Gasteiger partial charge in [0.25, 0.3) is 5.92 Å². The number of nitrogens with two attached hydrogens (primary N) is 1. The normalized spacial score (nSPS) is 22.7. The molecule has 0 aromatic heterocycles. The van der Waals surface area contributed by atoms with Gasteiger partial charge in [0, 0.05) is 30.7 Å². The zero-order valence-electron chi connectivity index (χ0n) is 26.6. The van der Waals surface area contributed by atoms with Crippen molar-refractivity contribution in [3.05, 3.63) is 84.4 Å². The van der Waals surface area contributed by atoms with Crippen LogP contribution in [-0.2, 0) is 20.7 Å². The van der Waals surface area contributed by atoms with Crippen molar-refractivity contribution < 1.29 is 31.5 Å². The van der Waals surface area contributed by atoms with E-state index in [-0.39, 0.29) is 23.0 Å². The van der Waals surface area contributed by atoms with E-state index >= 15 is 8.78 Å². The fourth-order valence-corrected chi connectivity index (χ4v) is 8.68. The highest BCUT2D eigenvalue weighted by atomic mass is 32.2. The third kappa shape index (κ3) is 7.17. The number of ether oxygens (including phenoxy) is 2. The van der Waals surface area contributed by atoms with Crippen molar-refractivity contribution >= 4 is 15.9 Å². The quantitative estimate of drug-likeness (QED) is 0.244. The molecular weight excluding hydrogens is 624 g/mol. The topological polar surface area (TPSA) is 102 Å². The van der Waals surface area contributed by atoms with Crippen LogP contribution in [0, 0.1) is 5.92 Å². The van der Waals surface area contributed by atoms with Crippen molar-refractivity contribution in [3.63, 3.8) is 0 Å². The van der Waals surface area contributed by atoms with Crippen LogP contribution < -0.4 is 15.2 Å². The lowest BCUT2D eigenvalue weighted by atomic mass is 9.90. The molecule has 2 saturated heterocycles. The first-order valence-corrected chi connectivity index (χ1v) is 18.0. The van der Waals surface area contributed by atoms with Crippen molar-refractivity contribution in [2.45, 2.75) is 92.8 Å². The summed E-state index contributed by atoms with van der Waals surface area (Å²) in [5.74, 6) is -2.96. The van der Waals surface area contributed by atoms with Crippen LogP contribution in [0.5, 0.6) is 17.2 Å². The summed E-state index contributed by atoms with van der Waals surface area (Å²) in [4.78, 5) is 15.5. The second kappa shape index (κ2) is 13.9. The van der Waals surface area contributed by atoms with E-state index in [1.165, 1.54) is 72.7 Å². The van der Waals surface area contributed by atoms with Gasteiger partial charge >= 0.3 is 0 Å². The van der Waals surface area contributed by atoms with Gasteiger partial charge in [0.05, 0.1) is 11.5 Å². The summed E-state index contributed by atoms with van der Waals surface area (Å²) in [6.07, 6.45) is 8.08. The van der Waals surface area contributed by atoms with Gasteiger partial charge in [0.1, 0.15) is 17.2 Å². The predicted molar refractivity (Wildman–Crippen MR) is 175 cm³/mol. The van der Waals surface area contributed by atoms with E-state index in [2.05, 4.69) is 0 Å². The van der Waals surface area contributed by atoms with E-state index in [1.807, 2.05) is 6.07 Å². The summed E-state index contributed by atoms with van der Waals surface area (Å²) in [6, 6.07) is 16.7. The summed E-state index contributed by atoms with van der Waals surface area (Å²) in [5, 5.41) is 0. The molecule has 3 fully saturated rings. The van der Waals surface area contributed by atoms with Gasteiger partial charge in [0.15, 0.2) is 6.04 Å². The average Bonchev–Trinajstić information content (AvgIpc) is 3.35. The van der Waals surface area contributed by atoms with Gasteiger partial charge in [-0.15, -0.1) is 0 Å². The van der Waals surface area contributed by atoms with E-state index in [9.17, 15) is 13.2 Å². The van der Waals surface area contributed by atoms with Gasteiger partial charge in [-0.1, -0.05) is 37.5 Å². The summed E-state index contributed by atoms with van der Waals surface area (Å²) in [7, 11) is -3.48. The smallest absolute Gasteiger partial charge is 0.298 e. The zero-order valence-corrected chi connectivity index (χ0v) is 27.5. The fraction of sp³-hybridized carbons (Fsp3) is 0.472. The molecule has 1 amide bonds. The molecule has 3 atom stereocenters. The predicted octanol–water partition coefficient (Wildman–Crippen LogP) is 6.70. The number of hydrogen-bond donors (Lipinski definition) is 1. The number of fused-ring (bicyclic) bond motifs is 2. The molecule has 252 valence electrons. The first-order chi connectivity index (χ1) is 22.5. The molecule has 0 radical (unpaired) electrons. The molecular formula is C36H43F2N3O5S. The third-order valence-electron chi connectivity index (χ3n) is 9.89. The lowest BCUT2D eigenvalue weighted by molar-refractivity contribution is -0.154. The number of carbonyl (C=O) groups is 1.